The number of nitrogens with zero attached hydrogens (tertiary/aromatic N) is 2. The van der Waals surface area contributed by atoms with Crippen LogP contribution in [0.5, 0.6) is 0 Å². The Hall–Kier alpha value is -1.64. The molecule has 1 aliphatic rings. The van der Waals surface area contributed by atoms with E-state index in [1.165, 1.54) is 4.90 Å². The van der Waals surface area contributed by atoms with Gasteiger partial charge in [0.25, 0.3) is 0 Å². The largest absolute Gasteiger partial charge is 0.329 e. The Balaban J connectivity index is 2.16. The van der Waals surface area contributed by atoms with Crippen LogP contribution >= 0.6 is 11.6 Å². The van der Waals surface area contributed by atoms with Gasteiger partial charge in [0, 0.05) is 29.8 Å². The van der Waals surface area contributed by atoms with Crippen LogP contribution in [-0.4, -0.2) is 74.8 Å². The lowest BCUT2D eigenvalue weighted by Gasteiger charge is -2.29. The molecule has 1 heterocycles. The highest BCUT2D eigenvalue weighted by atomic mass is 35.5. The van der Waals surface area contributed by atoms with Crippen molar-refractivity contribution >= 4 is 38.9 Å². The molecule has 0 spiro atoms. The van der Waals surface area contributed by atoms with Gasteiger partial charge in [-0.3, -0.25) is 9.59 Å². The Morgan fingerprint density at radius 1 is 1.27 bits per heavy atom. The van der Waals surface area contributed by atoms with Gasteiger partial charge in [-0.15, -0.1) is 0 Å². The molecular weight excluding hydrogens is 378 g/mol. The van der Waals surface area contributed by atoms with Crippen LogP contribution in [0.4, 0.5) is 5.69 Å². The molecule has 0 radical (unpaired) electrons. The second kappa shape index (κ2) is 8.37. The van der Waals surface area contributed by atoms with Crippen LogP contribution in [0.3, 0.4) is 0 Å². The number of nitrogens with one attached hydrogen (secondary N) is 1. The molecule has 1 atom stereocenters. The molecule has 1 N–H and O–H groups in total. The molecule has 7 nitrogen and oxygen atoms in total. The number of hydrogen-bond donors (Lipinski definition) is 1. The molecule has 26 heavy (non-hydrogen) atoms. The van der Waals surface area contributed by atoms with E-state index >= 15 is 0 Å². The van der Waals surface area contributed by atoms with E-state index in [1.54, 1.807) is 25.1 Å². The van der Waals surface area contributed by atoms with Crippen molar-refractivity contribution in [3.05, 3.63) is 28.8 Å². The Labute approximate surface area is 159 Å². The number of hydrogen-bond acceptors (Lipinski definition) is 5. The summed E-state index contributed by atoms with van der Waals surface area (Å²) in [7, 11) is 0.535. The zero-order valence-corrected chi connectivity index (χ0v) is 16.7. The number of sulfone groups is 1. The third kappa shape index (κ3) is 5.18. The van der Waals surface area contributed by atoms with Gasteiger partial charge in [-0.05, 0) is 45.1 Å². The number of carbonyl (C=O) groups excluding carboxylic acids is 2. The molecule has 1 aromatic carbocycles. The second-order valence-electron chi connectivity index (χ2n) is 6.73. The highest BCUT2D eigenvalue weighted by molar-refractivity contribution is 7.91. The van der Waals surface area contributed by atoms with Crippen molar-refractivity contribution in [2.75, 3.05) is 44.0 Å². The predicted octanol–water partition coefficient (Wildman–Crippen LogP) is 1.16. The fourth-order valence-corrected chi connectivity index (χ4v) is 4.73. The Bertz CT molecular complexity index is 795. The van der Waals surface area contributed by atoms with Gasteiger partial charge < -0.3 is 15.1 Å². The minimum absolute atomic E-state index is 0.0401. The smallest absolute Gasteiger partial charge is 0.313 e. The third-order valence-electron chi connectivity index (χ3n) is 4.41. The average molecular weight is 402 g/mol. The van der Waals surface area contributed by atoms with Gasteiger partial charge in [0.05, 0.1) is 11.5 Å². The molecule has 0 aromatic heterocycles. The van der Waals surface area contributed by atoms with Crippen LogP contribution in [0.15, 0.2) is 18.2 Å². The zero-order chi connectivity index (χ0) is 19.5. The van der Waals surface area contributed by atoms with Gasteiger partial charge in [0.2, 0.25) is 0 Å². The molecule has 144 valence electrons. The maximum absolute atomic E-state index is 12.7. The number of anilines is 1. The first-order valence-electron chi connectivity index (χ1n) is 8.33. The monoisotopic (exact) mass is 401 g/mol. The van der Waals surface area contributed by atoms with E-state index in [2.05, 4.69) is 5.32 Å². The normalized spacial score (nSPS) is 18.7. The molecule has 2 amide bonds. The van der Waals surface area contributed by atoms with Gasteiger partial charge in [-0.25, -0.2) is 8.42 Å². The fourth-order valence-electron chi connectivity index (χ4n) is 2.83. The summed E-state index contributed by atoms with van der Waals surface area (Å²) in [6.45, 7) is 2.56. The number of halogens is 1. The lowest BCUT2D eigenvalue weighted by atomic mass is 10.2. The average Bonchev–Trinajstić information content (AvgIpc) is 2.91. The summed E-state index contributed by atoms with van der Waals surface area (Å²) in [4.78, 5) is 28.4. The Kier molecular flexibility index (Phi) is 6.65. The highest BCUT2D eigenvalue weighted by Gasteiger charge is 2.36. The van der Waals surface area contributed by atoms with Gasteiger partial charge in [-0.1, -0.05) is 17.7 Å². The van der Waals surface area contributed by atoms with E-state index in [-0.39, 0.29) is 18.1 Å². The van der Waals surface area contributed by atoms with E-state index in [1.807, 2.05) is 19.0 Å². The molecule has 1 aliphatic heterocycles. The summed E-state index contributed by atoms with van der Waals surface area (Å²) in [5.74, 6) is -1.58. The molecule has 1 aromatic rings. The minimum Gasteiger partial charge on any atom is -0.329 e. The Morgan fingerprint density at radius 3 is 2.54 bits per heavy atom. The fraction of sp³-hybridized carbons (Fsp3) is 0.529. The van der Waals surface area contributed by atoms with Crippen molar-refractivity contribution < 1.29 is 18.0 Å². The highest BCUT2D eigenvalue weighted by Crippen LogP contribution is 2.23. The van der Waals surface area contributed by atoms with Crippen molar-refractivity contribution in [2.24, 2.45) is 0 Å². The summed E-state index contributed by atoms with van der Waals surface area (Å²) in [6, 6.07) is 4.57. The van der Waals surface area contributed by atoms with Crippen LogP contribution in [0.25, 0.3) is 0 Å². The van der Waals surface area contributed by atoms with Crippen molar-refractivity contribution in [2.45, 2.75) is 19.4 Å². The van der Waals surface area contributed by atoms with Crippen LogP contribution in [0.2, 0.25) is 5.02 Å². The maximum Gasteiger partial charge on any atom is 0.313 e. The van der Waals surface area contributed by atoms with Crippen molar-refractivity contribution in [1.29, 1.82) is 0 Å². The summed E-state index contributed by atoms with van der Waals surface area (Å²) in [5.41, 5.74) is 1.13. The molecule has 9 heteroatoms. The van der Waals surface area contributed by atoms with Gasteiger partial charge >= 0.3 is 11.8 Å². The maximum atomic E-state index is 12.7. The van der Waals surface area contributed by atoms with E-state index in [4.69, 9.17) is 11.6 Å². The van der Waals surface area contributed by atoms with Crippen LogP contribution in [0.1, 0.15) is 12.0 Å². The van der Waals surface area contributed by atoms with E-state index in [9.17, 15) is 18.0 Å². The summed E-state index contributed by atoms with van der Waals surface area (Å²) < 4.78 is 23.6. The molecule has 1 fully saturated rings. The van der Waals surface area contributed by atoms with E-state index in [0.717, 1.165) is 0 Å². The van der Waals surface area contributed by atoms with E-state index < -0.39 is 27.7 Å². The molecule has 1 saturated heterocycles. The van der Waals surface area contributed by atoms with Crippen molar-refractivity contribution in [1.82, 2.24) is 9.80 Å². The number of amides is 2. The summed E-state index contributed by atoms with van der Waals surface area (Å²) >= 11 is 6.04. The molecule has 1 unspecified atom stereocenters. The minimum atomic E-state index is -3.17. The van der Waals surface area contributed by atoms with Gasteiger partial charge in [-0.2, -0.15) is 0 Å². The lowest BCUT2D eigenvalue weighted by Crippen LogP contribution is -2.49. The molecule has 0 bridgehead atoms. The topological polar surface area (TPSA) is 86.8 Å². The second-order valence-corrected chi connectivity index (χ2v) is 9.36. The summed E-state index contributed by atoms with van der Waals surface area (Å²) in [5, 5.41) is 3.07. The molecule has 0 saturated carbocycles. The predicted molar refractivity (Wildman–Crippen MR) is 102 cm³/mol. The number of rotatable bonds is 5. The Morgan fingerprint density at radius 2 is 1.96 bits per heavy atom. The molecule has 0 aliphatic carbocycles. The molecule has 2 rings (SSSR count). The zero-order valence-electron chi connectivity index (χ0n) is 15.2. The molecular formula is C17H24ClN3O4S. The number of carbonyl (C=O) groups is 2. The van der Waals surface area contributed by atoms with Gasteiger partial charge in [0.15, 0.2) is 9.84 Å². The van der Waals surface area contributed by atoms with Crippen LogP contribution < -0.4 is 5.32 Å². The van der Waals surface area contributed by atoms with E-state index in [0.29, 0.717) is 29.2 Å². The number of likely N-dealkylation sites (N-methyl/N-ethyl adjacent to an activating group) is 1. The standard InChI is InChI=1S/C17H24ClN3O4S/c1-12-14(18)5-4-6-15(12)19-16(22)17(23)21(9-8-20(2)3)13-7-10-26(24,25)11-13/h4-6,13H,7-11H2,1-3H3,(H,19,22). The first-order valence-corrected chi connectivity index (χ1v) is 10.5. The first-order chi connectivity index (χ1) is 12.1. The SMILES string of the molecule is Cc1c(Cl)cccc1NC(=O)C(=O)N(CCN(C)C)C1CCS(=O)(=O)C1. The third-order valence-corrected chi connectivity index (χ3v) is 6.57. The number of benzene rings is 1. The van der Waals surface area contributed by atoms with Crippen molar-refractivity contribution in [3.63, 3.8) is 0 Å². The summed E-state index contributed by atoms with van der Waals surface area (Å²) in [6.07, 6.45) is 0.352. The lowest BCUT2D eigenvalue weighted by molar-refractivity contribution is -0.144. The van der Waals surface area contributed by atoms with Crippen LogP contribution in [0, 0.1) is 6.92 Å². The first kappa shape index (κ1) is 20.7. The van der Waals surface area contributed by atoms with Crippen LogP contribution in [-0.2, 0) is 19.4 Å². The van der Waals surface area contributed by atoms with Crippen molar-refractivity contribution in [3.8, 4) is 0 Å². The van der Waals surface area contributed by atoms with Gasteiger partial charge in [0.1, 0.15) is 0 Å². The quantitative estimate of drug-likeness (QED) is 0.748.